The number of nitrogens with zero attached hydrogens (tertiary/aromatic N) is 1. The van der Waals surface area contributed by atoms with E-state index in [1.807, 2.05) is 0 Å². The van der Waals surface area contributed by atoms with Gasteiger partial charge in [-0.2, -0.15) is 0 Å². The molecule has 1 fully saturated rings. The third-order valence-corrected chi connectivity index (χ3v) is 4.42. The minimum absolute atomic E-state index is 0.0321. The molecule has 2 rings (SSSR count). The number of carboxylic acid groups (broad SMARTS) is 1. The Kier molecular flexibility index (Phi) is 5.82. The fourth-order valence-electron chi connectivity index (χ4n) is 2.96. The molecule has 0 amide bonds. The highest BCUT2D eigenvalue weighted by Gasteiger charge is 2.39. The Labute approximate surface area is 139 Å². The number of methoxy groups -OCH3 is 1. The summed E-state index contributed by atoms with van der Waals surface area (Å²) in [5, 5.41) is 9.55. The van der Waals surface area contributed by atoms with E-state index in [0.717, 1.165) is 0 Å². The van der Waals surface area contributed by atoms with E-state index in [0.29, 0.717) is 35.7 Å². The van der Waals surface area contributed by atoms with Gasteiger partial charge in [0.05, 0.1) is 23.9 Å². The number of Topliss-reactive ketones (excluding diaryl/α,β-unsaturated/α-hetero) is 1. The minimum Gasteiger partial charge on any atom is -0.497 e. The fourth-order valence-corrected chi connectivity index (χ4v) is 3.19. The fraction of sp³-hybridized carbons (Fsp3) is 0.500. The molecule has 0 bridgehead atoms. The Morgan fingerprint density at radius 1 is 1.48 bits per heavy atom. The molecular formula is C16H19ClFNO4. The van der Waals surface area contributed by atoms with Crippen molar-refractivity contribution in [2.75, 3.05) is 25.2 Å². The molecular weight excluding hydrogens is 325 g/mol. The van der Waals surface area contributed by atoms with Crippen molar-refractivity contribution in [2.45, 2.75) is 25.3 Å². The summed E-state index contributed by atoms with van der Waals surface area (Å²) in [6.07, 6.45) is 1.40. The lowest BCUT2D eigenvalue weighted by atomic mass is 9.83. The third kappa shape index (κ3) is 3.75. The summed E-state index contributed by atoms with van der Waals surface area (Å²) in [5.74, 6) is -2.03. The first-order valence-electron chi connectivity index (χ1n) is 7.42. The zero-order valence-electron chi connectivity index (χ0n) is 12.8. The van der Waals surface area contributed by atoms with E-state index >= 15 is 0 Å². The van der Waals surface area contributed by atoms with Crippen molar-refractivity contribution < 1.29 is 23.8 Å². The highest BCUT2D eigenvalue weighted by molar-refractivity contribution is 6.33. The summed E-state index contributed by atoms with van der Waals surface area (Å²) in [5.41, 5.74) is 0.480. The second kappa shape index (κ2) is 7.64. The van der Waals surface area contributed by atoms with Gasteiger partial charge in [0.2, 0.25) is 0 Å². The predicted octanol–water partition coefficient (Wildman–Crippen LogP) is 2.95. The monoisotopic (exact) mass is 343 g/mol. The van der Waals surface area contributed by atoms with Gasteiger partial charge in [-0.15, -0.1) is 0 Å². The quantitative estimate of drug-likeness (QED) is 0.804. The van der Waals surface area contributed by atoms with Crippen LogP contribution in [0.2, 0.25) is 5.02 Å². The van der Waals surface area contributed by atoms with Gasteiger partial charge >= 0.3 is 5.97 Å². The van der Waals surface area contributed by atoms with Crippen molar-refractivity contribution in [1.29, 1.82) is 0 Å². The maximum absolute atomic E-state index is 13.0. The summed E-state index contributed by atoms with van der Waals surface area (Å²) < 4.78 is 18.2. The van der Waals surface area contributed by atoms with Gasteiger partial charge in [-0.05, 0) is 31.4 Å². The van der Waals surface area contributed by atoms with Crippen LogP contribution in [0.3, 0.4) is 0 Å². The number of carbonyl (C=O) groups excluding carboxylic acids is 1. The highest BCUT2D eigenvalue weighted by Crippen LogP contribution is 2.35. The Hall–Kier alpha value is -1.82. The van der Waals surface area contributed by atoms with Crippen LogP contribution in [0.15, 0.2) is 18.2 Å². The van der Waals surface area contributed by atoms with Crippen LogP contribution < -0.4 is 9.64 Å². The summed E-state index contributed by atoms with van der Waals surface area (Å²) >= 11 is 6.20. The topological polar surface area (TPSA) is 66.8 Å². The Morgan fingerprint density at radius 2 is 2.22 bits per heavy atom. The first-order valence-corrected chi connectivity index (χ1v) is 7.80. The molecule has 0 aliphatic heterocycles. The summed E-state index contributed by atoms with van der Waals surface area (Å²) in [6, 6.07) is 4.23. The van der Waals surface area contributed by atoms with E-state index in [9.17, 15) is 19.1 Å². The molecule has 126 valence electrons. The van der Waals surface area contributed by atoms with Crippen LogP contribution >= 0.6 is 11.6 Å². The third-order valence-electron chi connectivity index (χ3n) is 4.10. The normalized spacial score (nSPS) is 21.1. The van der Waals surface area contributed by atoms with Crippen LogP contribution in [0.4, 0.5) is 10.1 Å². The molecule has 1 aliphatic rings. The number of anilines is 1. The number of benzene rings is 1. The summed E-state index contributed by atoms with van der Waals surface area (Å²) in [7, 11) is 1.50. The maximum Gasteiger partial charge on any atom is 0.314 e. The van der Waals surface area contributed by atoms with Crippen LogP contribution in [-0.4, -0.2) is 43.2 Å². The maximum atomic E-state index is 13.0. The molecule has 5 nitrogen and oxygen atoms in total. The van der Waals surface area contributed by atoms with Gasteiger partial charge in [-0.25, -0.2) is 4.39 Å². The van der Waals surface area contributed by atoms with E-state index in [1.54, 1.807) is 23.1 Å². The standard InChI is InChI=1S/C16H19ClFNO4/c1-23-10-5-6-12(17)14(9-10)19(8-7-18)13-4-2-3-11(15(13)20)16(21)22/h5-6,9,11,13H,2-4,7-8H2,1H3,(H,21,22). The molecule has 1 aromatic carbocycles. The number of hydrogen-bond acceptors (Lipinski definition) is 4. The van der Waals surface area contributed by atoms with Gasteiger partial charge in [0.25, 0.3) is 0 Å². The highest BCUT2D eigenvalue weighted by atomic mass is 35.5. The summed E-state index contributed by atoms with van der Waals surface area (Å²) in [4.78, 5) is 25.3. The molecule has 0 spiro atoms. The van der Waals surface area contributed by atoms with Gasteiger partial charge in [0, 0.05) is 12.6 Å². The van der Waals surface area contributed by atoms with Crippen molar-refractivity contribution >= 4 is 29.0 Å². The largest absolute Gasteiger partial charge is 0.497 e. The molecule has 1 aliphatic carbocycles. The average molecular weight is 344 g/mol. The van der Waals surface area contributed by atoms with Gasteiger partial charge in [0.1, 0.15) is 18.3 Å². The van der Waals surface area contributed by atoms with Gasteiger partial charge in [0.15, 0.2) is 5.78 Å². The van der Waals surface area contributed by atoms with Crippen LogP contribution in [0.5, 0.6) is 5.75 Å². The lowest BCUT2D eigenvalue weighted by molar-refractivity contribution is -0.148. The number of ketones is 1. The van der Waals surface area contributed by atoms with Crippen LogP contribution in [0.25, 0.3) is 0 Å². The van der Waals surface area contributed by atoms with Crippen LogP contribution in [-0.2, 0) is 9.59 Å². The second-order valence-corrected chi connectivity index (χ2v) is 5.85. The smallest absolute Gasteiger partial charge is 0.314 e. The van der Waals surface area contributed by atoms with E-state index < -0.39 is 30.4 Å². The number of aliphatic carboxylic acids is 1. The molecule has 0 heterocycles. The first-order chi connectivity index (χ1) is 11.0. The number of ether oxygens (including phenoxy) is 1. The molecule has 1 N–H and O–H groups in total. The number of alkyl halides is 1. The average Bonchev–Trinajstić information content (AvgIpc) is 2.54. The molecule has 23 heavy (non-hydrogen) atoms. The molecule has 0 aromatic heterocycles. The zero-order valence-corrected chi connectivity index (χ0v) is 13.6. The van der Waals surface area contributed by atoms with Crippen LogP contribution in [0, 0.1) is 5.92 Å². The molecule has 2 atom stereocenters. The van der Waals surface area contributed by atoms with Crippen molar-refractivity contribution in [2.24, 2.45) is 5.92 Å². The first kappa shape index (κ1) is 17.5. The van der Waals surface area contributed by atoms with E-state index in [2.05, 4.69) is 0 Å². The second-order valence-electron chi connectivity index (χ2n) is 5.44. The Balaban J connectivity index is 2.38. The molecule has 2 unspecified atom stereocenters. The number of rotatable bonds is 6. The Morgan fingerprint density at radius 3 is 2.83 bits per heavy atom. The number of hydrogen-bond donors (Lipinski definition) is 1. The van der Waals surface area contributed by atoms with Gasteiger partial charge < -0.3 is 14.7 Å². The summed E-state index contributed by atoms with van der Waals surface area (Å²) in [6.45, 7) is -0.704. The minimum atomic E-state index is -1.13. The van der Waals surface area contributed by atoms with Crippen LogP contribution in [0.1, 0.15) is 19.3 Å². The molecule has 0 saturated heterocycles. The van der Waals surface area contributed by atoms with E-state index in [4.69, 9.17) is 16.3 Å². The van der Waals surface area contributed by atoms with E-state index in [-0.39, 0.29) is 6.54 Å². The zero-order chi connectivity index (χ0) is 17.0. The van der Waals surface area contributed by atoms with Gasteiger partial charge in [-0.3, -0.25) is 9.59 Å². The molecule has 1 saturated carbocycles. The predicted molar refractivity (Wildman–Crippen MR) is 85.1 cm³/mol. The number of carbonyl (C=O) groups is 2. The SMILES string of the molecule is COc1ccc(Cl)c(N(CCF)C2CCCC(C(=O)O)C2=O)c1. The van der Waals surface area contributed by atoms with Crippen molar-refractivity contribution in [3.63, 3.8) is 0 Å². The lowest BCUT2D eigenvalue weighted by Gasteiger charge is -2.36. The van der Waals surface area contributed by atoms with Crippen molar-refractivity contribution in [1.82, 2.24) is 0 Å². The van der Waals surface area contributed by atoms with Crippen molar-refractivity contribution in [3.8, 4) is 5.75 Å². The number of halogens is 2. The molecule has 7 heteroatoms. The molecule has 1 aromatic rings. The number of carboxylic acids is 1. The van der Waals surface area contributed by atoms with E-state index in [1.165, 1.54) is 7.11 Å². The lowest BCUT2D eigenvalue weighted by Crippen LogP contribution is -2.49. The molecule has 0 radical (unpaired) electrons. The Bertz CT molecular complexity index is 595. The van der Waals surface area contributed by atoms with Gasteiger partial charge in [-0.1, -0.05) is 11.6 Å². The van der Waals surface area contributed by atoms with Crippen molar-refractivity contribution in [3.05, 3.63) is 23.2 Å².